The molecule has 8 nitrogen and oxygen atoms in total. The number of halogens is 2. The second kappa shape index (κ2) is 13.9. The number of aromatic amines is 1. The maximum Gasteiger partial charge on any atom is 0.412 e. The fourth-order valence-electron chi connectivity index (χ4n) is 5.62. The lowest BCUT2D eigenvalue weighted by atomic mass is 9.85. The lowest BCUT2D eigenvalue weighted by molar-refractivity contribution is -0.118. The molecule has 2 amide bonds. The summed E-state index contributed by atoms with van der Waals surface area (Å²) in [5.41, 5.74) is 4.22. The van der Waals surface area contributed by atoms with Crippen molar-refractivity contribution in [1.82, 2.24) is 15.3 Å². The van der Waals surface area contributed by atoms with Crippen LogP contribution < -0.4 is 10.6 Å². The van der Waals surface area contributed by atoms with Crippen LogP contribution in [0, 0.1) is 11.6 Å². The number of nitrogens with one attached hydrogen (secondary N) is 3. The summed E-state index contributed by atoms with van der Waals surface area (Å²) in [6.45, 7) is 5.33. The number of hydrogen-bond donors (Lipinski definition) is 3. The number of anilines is 1. The van der Waals surface area contributed by atoms with E-state index in [-0.39, 0.29) is 31.0 Å². The van der Waals surface area contributed by atoms with Crippen molar-refractivity contribution in [2.45, 2.75) is 51.6 Å². The number of amides is 2. The molecule has 1 atom stereocenters. The van der Waals surface area contributed by atoms with Gasteiger partial charge < -0.3 is 15.0 Å². The summed E-state index contributed by atoms with van der Waals surface area (Å²) in [5, 5.41) is 6.12. The molecule has 2 aromatic heterocycles. The van der Waals surface area contributed by atoms with Gasteiger partial charge in [0, 0.05) is 72.0 Å². The Bertz CT molecular complexity index is 1930. The molecule has 0 saturated carbocycles. The molecular weight excluding hydrogens is 602 g/mol. The maximum atomic E-state index is 14.2. The molecule has 47 heavy (non-hydrogen) atoms. The van der Waals surface area contributed by atoms with E-state index in [4.69, 9.17) is 4.74 Å². The second-order valence-electron chi connectivity index (χ2n) is 12.4. The van der Waals surface area contributed by atoms with Gasteiger partial charge >= 0.3 is 6.09 Å². The van der Waals surface area contributed by atoms with Crippen LogP contribution in [-0.2, 0) is 22.4 Å². The Labute approximate surface area is 271 Å². The third-order valence-electron chi connectivity index (χ3n) is 7.57. The lowest BCUT2D eigenvalue weighted by Gasteiger charge is -2.20. The largest absolute Gasteiger partial charge is 0.444 e. The number of carbonyl (C=O) groups is 3. The zero-order valence-corrected chi connectivity index (χ0v) is 26.6. The Morgan fingerprint density at radius 3 is 2.45 bits per heavy atom. The number of Topliss-reactive ketones (excluding diaryl/α,β-unsaturated/α-hetero) is 1. The van der Waals surface area contributed by atoms with Crippen LogP contribution in [-0.4, -0.2) is 40.4 Å². The van der Waals surface area contributed by atoms with Gasteiger partial charge in [0.15, 0.2) is 0 Å². The van der Waals surface area contributed by atoms with Crippen molar-refractivity contribution < 1.29 is 27.9 Å². The van der Waals surface area contributed by atoms with Gasteiger partial charge in [-0.15, -0.1) is 0 Å². The van der Waals surface area contributed by atoms with Crippen LogP contribution in [0.1, 0.15) is 60.3 Å². The van der Waals surface area contributed by atoms with E-state index in [0.717, 1.165) is 28.1 Å². The molecule has 5 rings (SSSR count). The molecule has 0 saturated heterocycles. The minimum atomic E-state index is -0.709. The number of rotatable bonds is 10. The first-order valence-corrected chi connectivity index (χ1v) is 15.2. The molecule has 0 radical (unpaired) electrons. The summed E-state index contributed by atoms with van der Waals surface area (Å²) >= 11 is 0. The molecule has 2 heterocycles. The van der Waals surface area contributed by atoms with Gasteiger partial charge in [-0.25, -0.2) is 13.6 Å². The quantitative estimate of drug-likeness (QED) is 0.145. The summed E-state index contributed by atoms with van der Waals surface area (Å²) in [5.74, 6) is -2.33. The fourth-order valence-corrected chi connectivity index (χ4v) is 5.62. The van der Waals surface area contributed by atoms with E-state index in [0.29, 0.717) is 28.1 Å². The minimum Gasteiger partial charge on any atom is -0.444 e. The molecular formula is C37H36F2N4O4. The first kappa shape index (κ1) is 33.0. The smallest absolute Gasteiger partial charge is 0.412 e. The van der Waals surface area contributed by atoms with Gasteiger partial charge in [0.25, 0.3) is 5.91 Å². The van der Waals surface area contributed by atoms with Crippen LogP contribution in [0.2, 0.25) is 0 Å². The molecule has 0 aliphatic carbocycles. The van der Waals surface area contributed by atoms with Crippen LogP contribution in [0.25, 0.3) is 22.0 Å². The van der Waals surface area contributed by atoms with Crippen molar-refractivity contribution in [3.05, 3.63) is 119 Å². The van der Waals surface area contributed by atoms with Gasteiger partial charge in [0.2, 0.25) is 0 Å². The molecule has 0 aliphatic rings. The average molecular weight is 639 g/mol. The molecule has 10 heteroatoms. The average Bonchev–Trinajstić information content (AvgIpc) is 3.40. The van der Waals surface area contributed by atoms with Gasteiger partial charge in [-0.1, -0.05) is 18.2 Å². The number of nitrogens with zero attached hydrogens (tertiary/aromatic N) is 1. The number of ether oxygens (including phenoxy) is 1. The van der Waals surface area contributed by atoms with E-state index in [2.05, 4.69) is 20.6 Å². The molecule has 5 aromatic rings. The number of ketones is 1. The van der Waals surface area contributed by atoms with Crippen LogP contribution in [0.15, 0.2) is 85.2 Å². The Hall–Kier alpha value is -5.38. The first-order chi connectivity index (χ1) is 22.4. The normalized spacial score (nSPS) is 12.0. The molecule has 3 aromatic carbocycles. The number of pyridine rings is 1. The molecule has 0 fully saturated rings. The number of hydrogen-bond acceptors (Lipinski definition) is 5. The van der Waals surface area contributed by atoms with Crippen LogP contribution in [0.4, 0.5) is 19.3 Å². The van der Waals surface area contributed by atoms with Crippen molar-refractivity contribution in [3.63, 3.8) is 0 Å². The molecule has 242 valence electrons. The maximum absolute atomic E-state index is 14.2. The molecule has 3 N–H and O–H groups in total. The molecule has 0 spiro atoms. The lowest BCUT2D eigenvalue weighted by Crippen LogP contribution is -2.27. The first-order valence-electron chi connectivity index (χ1n) is 15.2. The number of benzene rings is 3. The van der Waals surface area contributed by atoms with Gasteiger partial charge in [-0.2, -0.15) is 0 Å². The number of fused-ring (bicyclic) bond motifs is 1. The summed E-state index contributed by atoms with van der Waals surface area (Å²) in [4.78, 5) is 46.3. The van der Waals surface area contributed by atoms with E-state index in [9.17, 15) is 23.2 Å². The highest BCUT2D eigenvalue weighted by molar-refractivity contribution is 5.96. The highest BCUT2D eigenvalue weighted by Crippen LogP contribution is 2.34. The predicted octanol–water partition coefficient (Wildman–Crippen LogP) is 7.74. The summed E-state index contributed by atoms with van der Waals surface area (Å²) in [7, 11) is 1.55. The predicted molar refractivity (Wildman–Crippen MR) is 177 cm³/mol. The number of H-pyrrole nitrogens is 1. The van der Waals surface area contributed by atoms with Crippen LogP contribution in [0.5, 0.6) is 0 Å². The fraction of sp³-hybridized carbons (Fsp3) is 0.243. The van der Waals surface area contributed by atoms with E-state index in [1.165, 1.54) is 12.1 Å². The van der Waals surface area contributed by atoms with E-state index in [1.807, 2.05) is 18.2 Å². The topological polar surface area (TPSA) is 113 Å². The van der Waals surface area contributed by atoms with Crippen LogP contribution in [0.3, 0.4) is 0 Å². The van der Waals surface area contributed by atoms with Crippen molar-refractivity contribution in [3.8, 4) is 11.1 Å². The summed E-state index contributed by atoms with van der Waals surface area (Å²) in [6, 6.07) is 19.3. The molecule has 0 unspecified atom stereocenters. The third kappa shape index (κ3) is 8.46. The van der Waals surface area contributed by atoms with Crippen molar-refractivity contribution in [1.29, 1.82) is 0 Å². The highest BCUT2D eigenvalue weighted by Gasteiger charge is 2.24. The zero-order valence-electron chi connectivity index (χ0n) is 26.6. The van der Waals surface area contributed by atoms with Crippen molar-refractivity contribution in [2.75, 3.05) is 12.4 Å². The summed E-state index contributed by atoms with van der Waals surface area (Å²) in [6.07, 6.45) is 3.03. The van der Waals surface area contributed by atoms with Crippen LogP contribution >= 0.6 is 0 Å². The zero-order chi connectivity index (χ0) is 33.7. The van der Waals surface area contributed by atoms with Crippen molar-refractivity contribution in [2.24, 2.45) is 0 Å². The minimum absolute atomic E-state index is 0.0276. The van der Waals surface area contributed by atoms with Gasteiger partial charge in [-0.05, 0) is 92.4 Å². The molecule has 0 aliphatic heterocycles. The van der Waals surface area contributed by atoms with Gasteiger partial charge in [-0.3, -0.25) is 19.9 Å². The number of aromatic nitrogens is 2. The SMILES string of the molecule is CNC(=O)c1cccc(-c2cccnc2[C@@H](CC(=O)Cc2c[nH]c3ccc(NC(=O)OC(C)(C)C)cc23)Cc2cc(F)cc(F)c2)c1. The van der Waals surface area contributed by atoms with E-state index < -0.39 is 29.2 Å². The standard InChI is InChI=1S/C37H36F2N4O4/c1-37(2,3)47-36(46)43-29-10-11-33-32(20-29)26(21-42-33)18-30(44)17-25(13-22-14-27(38)19-28(39)15-22)34-31(9-6-12-41-34)23-7-5-8-24(16-23)35(45)40-4/h5-12,14-16,19-21,25,42H,13,17-18H2,1-4H3,(H,40,45)(H,43,46)/t25-/m1/s1. The molecule has 0 bridgehead atoms. The Balaban J connectivity index is 1.45. The monoisotopic (exact) mass is 638 g/mol. The van der Waals surface area contributed by atoms with E-state index in [1.54, 1.807) is 76.6 Å². The Morgan fingerprint density at radius 2 is 1.72 bits per heavy atom. The van der Waals surface area contributed by atoms with E-state index >= 15 is 0 Å². The third-order valence-corrected chi connectivity index (χ3v) is 7.57. The van der Waals surface area contributed by atoms with Gasteiger partial charge in [0.05, 0.1) is 5.69 Å². The second-order valence-corrected chi connectivity index (χ2v) is 12.4. The van der Waals surface area contributed by atoms with Gasteiger partial charge in [0.1, 0.15) is 23.0 Å². The number of carbonyl (C=O) groups excluding carboxylic acids is 3. The highest BCUT2D eigenvalue weighted by atomic mass is 19.1. The Morgan fingerprint density at radius 1 is 0.957 bits per heavy atom. The van der Waals surface area contributed by atoms with Crippen molar-refractivity contribution >= 4 is 34.4 Å². The summed E-state index contributed by atoms with van der Waals surface area (Å²) < 4.78 is 33.8. The Kier molecular flexibility index (Phi) is 9.79.